The maximum Gasteiger partial charge on any atom is 0.216 e. The zero-order valence-corrected chi connectivity index (χ0v) is 12.9. The Morgan fingerprint density at radius 3 is 1.94 bits per heavy atom. The standard InChI is InChI=1S/C8H13NO2S5/c1-6(12)10-4-2-9(7(13)14)3-5-11-8(15)16/h2-5H2,1H3,(H,13,14)(H,15,16). The topological polar surface area (TPSA) is 21.7 Å². The molecule has 16 heavy (non-hydrogen) atoms. The number of ether oxygens (including phenoxy) is 2. The van der Waals surface area contributed by atoms with E-state index in [0.717, 1.165) is 0 Å². The minimum atomic E-state index is 0.219. The molecule has 0 saturated heterocycles. The van der Waals surface area contributed by atoms with E-state index in [0.29, 0.717) is 35.7 Å². The van der Waals surface area contributed by atoms with Crippen molar-refractivity contribution < 1.29 is 9.47 Å². The summed E-state index contributed by atoms with van der Waals surface area (Å²) in [6.07, 6.45) is 0. The summed E-state index contributed by atoms with van der Waals surface area (Å²) in [4.78, 5) is 1.84. The molecule has 0 fully saturated rings. The van der Waals surface area contributed by atoms with Crippen LogP contribution in [0.25, 0.3) is 0 Å². The van der Waals surface area contributed by atoms with Crippen LogP contribution in [-0.2, 0) is 9.47 Å². The predicted octanol–water partition coefficient (Wildman–Crippen LogP) is 2.10. The summed E-state index contributed by atoms with van der Waals surface area (Å²) >= 11 is 22.4. The lowest BCUT2D eigenvalue weighted by atomic mass is 10.5. The van der Waals surface area contributed by atoms with E-state index in [9.17, 15) is 0 Å². The van der Waals surface area contributed by atoms with E-state index in [4.69, 9.17) is 33.9 Å². The van der Waals surface area contributed by atoms with Crippen LogP contribution in [-0.4, -0.2) is 45.0 Å². The van der Waals surface area contributed by atoms with Crippen molar-refractivity contribution in [2.75, 3.05) is 26.3 Å². The minimum Gasteiger partial charge on any atom is -0.486 e. The first-order valence-corrected chi connectivity index (χ1v) is 6.52. The average molecular weight is 316 g/mol. The smallest absolute Gasteiger partial charge is 0.216 e. The molecule has 92 valence electrons. The van der Waals surface area contributed by atoms with Gasteiger partial charge in [-0.3, -0.25) is 0 Å². The summed E-state index contributed by atoms with van der Waals surface area (Å²) in [5.74, 6) is 0. The highest BCUT2D eigenvalue weighted by molar-refractivity contribution is 8.11. The first-order valence-electron chi connectivity index (χ1n) is 4.40. The third kappa shape index (κ3) is 9.59. The molecule has 0 aliphatic carbocycles. The lowest BCUT2D eigenvalue weighted by Crippen LogP contribution is -2.33. The van der Waals surface area contributed by atoms with Gasteiger partial charge in [0.15, 0.2) is 5.05 Å². The van der Waals surface area contributed by atoms with E-state index < -0.39 is 0 Å². The fourth-order valence-electron chi connectivity index (χ4n) is 0.846. The minimum absolute atomic E-state index is 0.219. The second-order valence-electron chi connectivity index (χ2n) is 2.72. The maximum absolute atomic E-state index is 5.16. The Morgan fingerprint density at radius 2 is 1.56 bits per heavy atom. The molecule has 0 amide bonds. The van der Waals surface area contributed by atoms with E-state index in [1.165, 1.54) is 0 Å². The molecule has 0 aromatic heterocycles. The van der Waals surface area contributed by atoms with Gasteiger partial charge < -0.3 is 14.4 Å². The Morgan fingerprint density at radius 1 is 1.06 bits per heavy atom. The highest BCUT2D eigenvalue weighted by Gasteiger charge is 2.06. The summed E-state index contributed by atoms with van der Waals surface area (Å²) < 4.78 is 10.9. The van der Waals surface area contributed by atoms with Crippen molar-refractivity contribution in [3.05, 3.63) is 0 Å². The third-order valence-electron chi connectivity index (χ3n) is 1.52. The van der Waals surface area contributed by atoms with E-state index in [1.54, 1.807) is 6.92 Å². The first-order chi connectivity index (χ1) is 7.43. The number of thiocarbonyl (C=S) groups is 3. The molecular formula is C8H13NO2S5. The van der Waals surface area contributed by atoms with Gasteiger partial charge in [0.05, 0.1) is 13.1 Å². The normalized spacial score (nSPS) is 9.44. The van der Waals surface area contributed by atoms with Crippen LogP contribution in [0, 0.1) is 0 Å². The van der Waals surface area contributed by atoms with Gasteiger partial charge in [-0.1, -0.05) is 24.8 Å². The van der Waals surface area contributed by atoms with Crippen molar-refractivity contribution in [2.45, 2.75) is 6.92 Å². The van der Waals surface area contributed by atoms with E-state index >= 15 is 0 Å². The average Bonchev–Trinajstić information content (AvgIpc) is 2.14. The molecule has 8 heteroatoms. The predicted molar refractivity (Wildman–Crippen MR) is 84.9 cm³/mol. The van der Waals surface area contributed by atoms with Gasteiger partial charge in [0.2, 0.25) is 4.38 Å². The molecule has 0 aromatic carbocycles. The van der Waals surface area contributed by atoms with Crippen LogP contribution < -0.4 is 0 Å². The molecule has 0 saturated carbocycles. The highest BCUT2D eigenvalue weighted by atomic mass is 32.1. The molecule has 0 aliphatic heterocycles. The maximum atomic E-state index is 5.16. The molecule has 0 bridgehead atoms. The van der Waals surface area contributed by atoms with Crippen LogP contribution in [0.4, 0.5) is 0 Å². The molecule has 0 rings (SSSR count). The van der Waals surface area contributed by atoms with E-state index in [2.05, 4.69) is 37.5 Å². The summed E-state index contributed by atoms with van der Waals surface area (Å²) in [6.45, 7) is 3.81. The Hall–Kier alpha value is 0.370. The molecule has 0 aromatic rings. The summed E-state index contributed by atoms with van der Waals surface area (Å²) in [7, 11) is 0. The Labute approximate surface area is 123 Å². The van der Waals surface area contributed by atoms with Crippen molar-refractivity contribution >= 4 is 75.7 Å². The van der Waals surface area contributed by atoms with E-state index in [-0.39, 0.29) is 4.38 Å². The quantitative estimate of drug-likeness (QED) is 0.574. The van der Waals surface area contributed by atoms with Gasteiger partial charge in [0.1, 0.15) is 17.5 Å². The second-order valence-corrected chi connectivity index (χ2v) is 5.49. The van der Waals surface area contributed by atoms with Crippen LogP contribution in [0.2, 0.25) is 0 Å². The number of thiol groups is 2. The molecule has 0 atom stereocenters. The molecule has 0 heterocycles. The lowest BCUT2D eigenvalue weighted by Gasteiger charge is -2.22. The van der Waals surface area contributed by atoms with Gasteiger partial charge in [0, 0.05) is 6.92 Å². The lowest BCUT2D eigenvalue weighted by molar-refractivity contribution is 0.233. The van der Waals surface area contributed by atoms with Crippen molar-refractivity contribution in [1.29, 1.82) is 0 Å². The van der Waals surface area contributed by atoms with Crippen molar-refractivity contribution in [3.8, 4) is 0 Å². The number of hydrogen-bond acceptors (Lipinski definition) is 5. The number of hydrogen-bond donors (Lipinski definition) is 2. The molecule has 0 N–H and O–H groups in total. The zero-order valence-electron chi connectivity index (χ0n) is 8.71. The molecule has 0 aliphatic rings. The summed E-state index contributed by atoms with van der Waals surface area (Å²) in [5, 5.41) is 0.512. The SMILES string of the molecule is CC(=S)OCCN(CCOC(=S)S)C(=S)S. The highest BCUT2D eigenvalue weighted by Crippen LogP contribution is 1.98. The van der Waals surface area contributed by atoms with Crippen LogP contribution >= 0.6 is 61.9 Å². The molecule has 0 radical (unpaired) electrons. The fourth-order valence-corrected chi connectivity index (χ4v) is 1.49. The largest absolute Gasteiger partial charge is 0.486 e. The molecule has 0 spiro atoms. The van der Waals surface area contributed by atoms with Crippen LogP contribution in [0.5, 0.6) is 0 Å². The molecule has 3 nitrogen and oxygen atoms in total. The van der Waals surface area contributed by atoms with Gasteiger partial charge in [0.25, 0.3) is 0 Å². The zero-order chi connectivity index (χ0) is 12.6. The van der Waals surface area contributed by atoms with Crippen molar-refractivity contribution in [1.82, 2.24) is 4.90 Å². The van der Waals surface area contributed by atoms with Crippen LogP contribution in [0.3, 0.4) is 0 Å². The molecule has 0 unspecified atom stereocenters. The monoisotopic (exact) mass is 315 g/mol. The summed E-state index contributed by atoms with van der Waals surface area (Å²) in [6, 6.07) is 0. The van der Waals surface area contributed by atoms with Gasteiger partial charge >= 0.3 is 0 Å². The van der Waals surface area contributed by atoms with E-state index in [1.807, 2.05) is 4.90 Å². The second kappa shape index (κ2) is 9.41. The first kappa shape index (κ1) is 16.4. The third-order valence-corrected chi connectivity index (χ3v) is 2.43. The van der Waals surface area contributed by atoms with Crippen LogP contribution in [0.15, 0.2) is 0 Å². The fraction of sp³-hybridized carbons (Fsp3) is 0.625. The van der Waals surface area contributed by atoms with Crippen molar-refractivity contribution in [3.63, 3.8) is 0 Å². The van der Waals surface area contributed by atoms with Gasteiger partial charge in [-0.05, 0) is 24.4 Å². The number of nitrogens with zero attached hydrogens (tertiary/aromatic N) is 1. The van der Waals surface area contributed by atoms with Gasteiger partial charge in [-0.15, -0.1) is 12.6 Å². The Balaban J connectivity index is 3.84. The Kier molecular flexibility index (Phi) is 9.62. The van der Waals surface area contributed by atoms with Crippen LogP contribution in [0.1, 0.15) is 6.92 Å². The van der Waals surface area contributed by atoms with Gasteiger partial charge in [-0.25, -0.2) is 0 Å². The molecular weight excluding hydrogens is 302 g/mol. The summed E-state index contributed by atoms with van der Waals surface area (Å²) in [5.41, 5.74) is 0. The Bertz CT molecular complexity index is 251. The number of rotatable bonds is 6. The van der Waals surface area contributed by atoms with Gasteiger partial charge in [-0.2, -0.15) is 0 Å². The van der Waals surface area contributed by atoms with Crippen molar-refractivity contribution in [2.24, 2.45) is 0 Å².